The van der Waals surface area contributed by atoms with Crippen molar-refractivity contribution in [2.45, 2.75) is 6.42 Å². The minimum absolute atomic E-state index is 0.570. The first-order valence-electron chi connectivity index (χ1n) is 6.13. The van der Waals surface area contributed by atoms with Gasteiger partial charge in [-0.3, -0.25) is 0 Å². The highest BCUT2D eigenvalue weighted by atomic mass is 32.1. The third-order valence-electron chi connectivity index (χ3n) is 2.87. The Morgan fingerprint density at radius 3 is 3.05 bits per heavy atom. The summed E-state index contributed by atoms with van der Waals surface area (Å²) in [5.41, 5.74) is 8.40. The topological polar surface area (TPSA) is 61.0 Å². The summed E-state index contributed by atoms with van der Waals surface area (Å²) in [4.78, 5) is 8.42. The molecule has 0 saturated carbocycles. The van der Waals surface area contributed by atoms with Gasteiger partial charge < -0.3 is 10.5 Å². The lowest BCUT2D eigenvalue weighted by Gasteiger charge is -2.10. The van der Waals surface area contributed by atoms with Crippen LogP contribution in [0, 0.1) is 0 Å². The van der Waals surface area contributed by atoms with E-state index in [-0.39, 0.29) is 0 Å². The Morgan fingerprint density at radius 2 is 2.20 bits per heavy atom. The summed E-state index contributed by atoms with van der Waals surface area (Å²) in [6, 6.07) is 7.51. The first kappa shape index (κ1) is 12.6. The molecule has 3 aromatic rings. The maximum atomic E-state index is 5.94. The van der Waals surface area contributed by atoms with E-state index in [1.165, 1.54) is 6.33 Å². The van der Waals surface area contributed by atoms with Gasteiger partial charge in [0.05, 0.1) is 5.52 Å². The Morgan fingerprint density at radius 1 is 1.30 bits per heavy atom. The van der Waals surface area contributed by atoms with Crippen LogP contribution in [0.5, 0.6) is 11.6 Å². The van der Waals surface area contributed by atoms with Gasteiger partial charge in [0.1, 0.15) is 16.8 Å². The van der Waals surface area contributed by atoms with Crippen LogP contribution in [0.25, 0.3) is 10.2 Å². The van der Waals surface area contributed by atoms with Crippen molar-refractivity contribution < 1.29 is 4.74 Å². The normalized spacial score (nSPS) is 10.6. The third kappa shape index (κ3) is 2.35. The largest absolute Gasteiger partial charge is 0.437 e. The number of anilines is 1. The molecule has 2 N–H and O–H groups in total. The fraction of sp³-hybridized carbons (Fsp3) is 0.0667. The quantitative estimate of drug-likeness (QED) is 0.584. The molecule has 3 rings (SSSR count). The first-order valence-corrected chi connectivity index (χ1v) is 7.01. The Balaban J connectivity index is 2.02. The molecule has 2 heterocycles. The molecule has 0 fully saturated rings. The van der Waals surface area contributed by atoms with E-state index in [0.717, 1.165) is 21.5 Å². The molecular formula is C15H13N3OS. The molecule has 100 valence electrons. The summed E-state index contributed by atoms with van der Waals surface area (Å²) < 4.78 is 6.88. The molecule has 5 heteroatoms. The Bertz CT molecular complexity index is 767. The minimum Gasteiger partial charge on any atom is -0.437 e. The van der Waals surface area contributed by atoms with Crippen molar-refractivity contribution in [3.05, 3.63) is 54.2 Å². The molecule has 0 aliphatic rings. The summed E-state index contributed by atoms with van der Waals surface area (Å²) in [6.07, 6.45) is 4.02. The fourth-order valence-corrected chi connectivity index (χ4v) is 2.73. The predicted octanol–water partition coefficient (Wildman–Crippen LogP) is 3.79. The maximum Gasteiger partial charge on any atom is 0.240 e. The molecule has 0 spiro atoms. The minimum atomic E-state index is 0.570. The van der Waals surface area contributed by atoms with Gasteiger partial charge in [0.25, 0.3) is 0 Å². The fourth-order valence-electron chi connectivity index (χ4n) is 1.96. The van der Waals surface area contributed by atoms with Crippen LogP contribution in [-0.2, 0) is 6.42 Å². The standard InChI is InChI=1S/C15H13N3OS/c1-2-3-10-8-11(16)4-5-13(10)19-15-14-12(6-7-20-14)17-9-18-15/h2,4-9H,1,3,16H2. The smallest absolute Gasteiger partial charge is 0.240 e. The van der Waals surface area contributed by atoms with Crippen LogP contribution in [0.3, 0.4) is 0 Å². The van der Waals surface area contributed by atoms with Crippen molar-refractivity contribution in [3.63, 3.8) is 0 Å². The summed E-state index contributed by atoms with van der Waals surface area (Å²) in [5, 5.41) is 1.97. The van der Waals surface area contributed by atoms with Crippen molar-refractivity contribution in [2.75, 3.05) is 5.73 Å². The third-order valence-corrected chi connectivity index (χ3v) is 3.76. The average molecular weight is 283 g/mol. The van der Waals surface area contributed by atoms with E-state index in [9.17, 15) is 0 Å². The number of aromatic nitrogens is 2. The van der Waals surface area contributed by atoms with E-state index >= 15 is 0 Å². The van der Waals surface area contributed by atoms with Gasteiger partial charge in [0.15, 0.2) is 0 Å². The summed E-state index contributed by atoms with van der Waals surface area (Å²) in [5.74, 6) is 1.31. The average Bonchev–Trinajstić information content (AvgIpc) is 2.91. The van der Waals surface area contributed by atoms with Crippen molar-refractivity contribution in [1.82, 2.24) is 9.97 Å². The second-order valence-electron chi connectivity index (χ2n) is 4.28. The number of benzene rings is 1. The zero-order chi connectivity index (χ0) is 13.9. The predicted molar refractivity (Wildman–Crippen MR) is 82.2 cm³/mol. The summed E-state index contributed by atoms with van der Waals surface area (Å²) in [6.45, 7) is 3.76. The number of thiophene rings is 1. The lowest BCUT2D eigenvalue weighted by molar-refractivity contribution is 0.464. The Kier molecular flexibility index (Phi) is 3.35. The molecule has 1 aromatic carbocycles. The number of rotatable bonds is 4. The number of nitrogen functional groups attached to an aromatic ring is 1. The van der Waals surface area contributed by atoms with Crippen molar-refractivity contribution >= 4 is 27.2 Å². The number of hydrogen-bond acceptors (Lipinski definition) is 5. The number of nitrogens with two attached hydrogens (primary N) is 1. The summed E-state index contributed by atoms with van der Waals surface area (Å²) in [7, 11) is 0. The van der Waals surface area contributed by atoms with E-state index in [2.05, 4.69) is 16.5 Å². The molecule has 0 unspecified atom stereocenters. The molecule has 0 bridgehead atoms. The molecule has 0 radical (unpaired) electrons. The molecule has 0 amide bonds. The Labute approximate surface area is 120 Å². The highest BCUT2D eigenvalue weighted by Crippen LogP contribution is 2.32. The van der Waals surface area contributed by atoms with Crippen molar-refractivity contribution in [3.8, 4) is 11.6 Å². The molecule has 2 aromatic heterocycles. The molecule has 20 heavy (non-hydrogen) atoms. The van der Waals surface area contributed by atoms with Gasteiger partial charge in [-0.25, -0.2) is 9.97 Å². The van der Waals surface area contributed by atoms with Crippen LogP contribution in [0.2, 0.25) is 0 Å². The zero-order valence-electron chi connectivity index (χ0n) is 10.7. The molecule has 0 aliphatic heterocycles. The van der Waals surface area contributed by atoms with Crippen LogP contribution in [0.4, 0.5) is 5.69 Å². The van der Waals surface area contributed by atoms with E-state index in [0.29, 0.717) is 18.0 Å². The van der Waals surface area contributed by atoms with Crippen LogP contribution in [-0.4, -0.2) is 9.97 Å². The maximum absolute atomic E-state index is 5.94. The second kappa shape index (κ2) is 5.30. The molecular weight excluding hydrogens is 270 g/mol. The van der Waals surface area contributed by atoms with Crippen LogP contribution in [0.1, 0.15) is 5.56 Å². The van der Waals surface area contributed by atoms with Crippen LogP contribution in [0.15, 0.2) is 48.6 Å². The van der Waals surface area contributed by atoms with Gasteiger partial charge in [-0.1, -0.05) is 6.08 Å². The van der Waals surface area contributed by atoms with Crippen LogP contribution < -0.4 is 10.5 Å². The van der Waals surface area contributed by atoms with Crippen molar-refractivity contribution in [2.24, 2.45) is 0 Å². The lowest BCUT2D eigenvalue weighted by atomic mass is 10.1. The second-order valence-corrected chi connectivity index (χ2v) is 5.19. The van der Waals surface area contributed by atoms with Gasteiger partial charge in [0.2, 0.25) is 5.88 Å². The summed E-state index contributed by atoms with van der Waals surface area (Å²) >= 11 is 1.56. The van der Waals surface area contributed by atoms with Gasteiger partial charge in [-0.05, 0) is 36.1 Å². The van der Waals surface area contributed by atoms with E-state index < -0.39 is 0 Å². The lowest BCUT2D eigenvalue weighted by Crippen LogP contribution is -1.95. The first-order chi connectivity index (χ1) is 9.78. The Hall–Kier alpha value is -2.40. The number of nitrogens with zero attached hydrogens (tertiary/aromatic N) is 2. The van der Waals surface area contributed by atoms with Gasteiger partial charge >= 0.3 is 0 Å². The molecule has 4 nitrogen and oxygen atoms in total. The SMILES string of the molecule is C=CCc1cc(N)ccc1Oc1ncnc2ccsc12. The zero-order valence-corrected chi connectivity index (χ0v) is 11.6. The highest BCUT2D eigenvalue weighted by Gasteiger charge is 2.10. The van der Waals surface area contributed by atoms with Gasteiger partial charge in [0, 0.05) is 11.3 Å². The van der Waals surface area contributed by atoms with Gasteiger partial charge in [-0.15, -0.1) is 17.9 Å². The molecule has 0 atom stereocenters. The van der Waals surface area contributed by atoms with E-state index in [1.54, 1.807) is 11.3 Å². The van der Waals surface area contributed by atoms with Crippen molar-refractivity contribution in [1.29, 1.82) is 0 Å². The molecule has 0 aliphatic carbocycles. The number of allylic oxidation sites excluding steroid dienone is 1. The highest BCUT2D eigenvalue weighted by molar-refractivity contribution is 7.17. The number of hydrogen-bond donors (Lipinski definition) is 1. The molecule has 0 saturated heterocycles. The van der Waals surface area contributed by atoms with E-state index in [1.807, 2.05) is 35.7 Å². The number of ether oxygens (including phenoxy) is 1. The van der Waals surface area contributed by atoms with E-state index in [4.69, 9.17) is 10.5 Å². The monoisotopic (exact) mass is 283 g/mol. The number of fused-ring (bicyclic) bond motifs is 1. The van der Waals surface area contributed by atoms with Crippen LogP contribution >= 0.6 is 11.3 Å². The van der Waals surface area contributed by atoms with Gasteiger partial charge in [-0.2, -0.15) is 0 Å².